The molecule has 2 aliphatic rings. The van der Waals surface area contributed by atoms with Crippen molar-refractivity contribution in [1.29, 1.82) is 0 Å². The number of hydrogen-bond acceptors (Lipinski definition) is 3. The summed E-state index contributed by atoms with van der Waals surface area (Å²) in [6.07, 6.45) is 2.87. The summed E-state index contributed by atoms with van der Waals surface area (Å²) >= 11 is 0. The molecule has 20 heavy (non-hydrogen) atoms. The molecule has 1 aromatic rings. The minimum atomic E-state index is -3.62. The smallest absolute Gasteiger partial charge is 0.243 e. The molecule has 1 unspecified atom stereocenters. The van der Waals surface area contributed by atoms with Crippen LogP contribution in [-0.2, 0) is 10.0 Å². The van der Waals surface area contributed by atoms with Gasteiger partial charge in [-0.05, 0) is 49.3 Å². The lowest BCUT2D eigenvalue weighted by Crippen LogP contribution is -2.53. The Bertz CT molecular complexity index is 609. The van der Waals surface area contributed by atoms with Gasteiger partial charge in [0, 0.05) is 13.1 Å². The summed E-state index contributed by atoms with van der Waals surface area (Å²) in [5.74, 6) is -0.547. The van der Waals surface area contributed by atoms with Crippen LogP contribution in [0.1, 0.15) is 25.7 Å². The summed E-state index contributed by atoms with van der Waals surface area (Å²) in [4.78, 5) is 0.00241. The lowest BCUT2D eigenvalue weighted by molar-refractivity contribution is -0.0911. The molecule has 3 rings (SSSR count). The number of nitrogens with zero attached hydrogens (tertiary/aromatic N) is 1. The highest BCUT2D eigenvalue weighted by Crippen LogP contribution is 2.49. The number of halogens is 1. The first-order valence-corrected chi connectivity index (χ1v) is 8.32. The SMILES string of the molecule is O=S(=O)(c1cccc(F)c1)N1CCC2(CCC2O)CC1. The second-order valence-electron chi connectivity index (χ2n) is 5.78. The van der Waals surface area contributed by atoms with E-state index in [-0.39, 0.29) is 16.4 Å². The molecule has 4 nitrogen and oxygen atoms in total. The first-order chi connectivity index (χ1) is 9.44. The summed E-state index contributed by atoms with van der Waals surface area (Å²) < 4.78 is 39.5. The predicted molar refractivity (Wildman–Crippen MR) is 72.1 cm³/mol. The van der Waals surface area contributed by atoms with Gasteiger partial charge in [-0.3, -0.25) is 0 Å². The van der Waals surface area contributed by atoms with E-state index in [4.69, 9.17) is 0 Å². The summed E-state index contributed by atoms with van der Waals surface area (Å²) in [7, 11) is -3.62. The highest BCUT2D eigenvalue weighted by molar-refractivity contribution is 7.89. The van der Waals surface area contributed by atoms with Crippen LogP contribution in [0.4, 0.5) is 4.39 Å². The van der Waals surface area contributed by atoms with Crippen LogP contribution in [0, 0.1) is 11.2 Å². The molecule has 0 amide bonds. The maximum atomic E-state index is 13.2. The minimum Gasteiger partial charge on any atom is -0.393 e. The maximum Gasteiger partial charge on any atom is 0.243 e. The van der Waals surface area contributed by atoms with Crippen molar-refractivity contribution in [2.45, 2.75) is 36.7 Å². The van der Waals surface area contributed by atoms with E-state index in [9.17, 15) is 17.9 Å². The topological polar surface area (TPSA) is 57.6 Å². The molecule has 1 spiro atoms. The Morgan fingerprint density at radius 2 is 1.95 bits per heavy atom. The van der Waals surface area contributed by atoms with Gasteiger partial charge in [-0.25, -0.2) is 12.8 Å². The fraction of sp³-hybridized carbons (Fsp3) is 0.571. The van der Waals surface area contributed by atoms with Gasteiger partial charge < -0.3 is 5.11 Å². The van der Waals surface area contributed by atoms with E-state index in [2.05, 4.69) is 0 Å². The normalized spacial score (nSPS) is 26.4. The average molecular weight is 299 g/mol. The summed E-state index contributed by atoms with van der Waals surface area (Å²) in [5.41, 5.74) is -0.0754. The van der Waals surface area contributed by atoms with Gasteiger partial charge in [-0.15, -0.1) is 0 Å². The summed E-state index contributed by atoms with van der Waals surface area (Å²) in [5, 5.41) is 9.85. The monoisotopic (exact) mass is 299 g/mol. The Labute approximate surface area is 118 Å². The Kier molecular flexibility index (Phi) is 3.35. The third kappa shape index (κ3) is 2.16. The van der Waals surface area contributed by atoms with Gasteiger partial charge in [0.15, 0.2) is 0 Å². The maximum absolute atomic E-state index is 13.2. The molecule has 0 radical (unpaired) electrons. The lowest BCUT2D eigenvalue weighted by Gasteiger charge is -2.51. The fourth-order valence-corrected chi connectivity index (χ4v) is 4.69. The third-order valence-corrected chi connectivity index (χ3v) is 6.67. The van der Waals surface area contributed by atoms with Gasteiger partial charge in [0.05, 0.1) is 11.0 Å². The number of sulfonamides is 1. The van der Waals surface area contributed by atoms with Gasteiger partial charge in [0.2, 0.25) is 10.0 Å². The zero-order valence-electron chi connectivity index (χ0n) is 11.1. The Morgan fingerprint density at radius 3 is 2.45 bits per heavy atom. The largest absolute Gasteiger partial charge is 0.393 e. The number of benzene rings is 1. The molecule has 1 heterocycles. The molecule has 1 saturated carbocycles. The van der Waals surface area contributed by atoms with Crippen molar-refractivity contribution >= 4 is 10.0 Å². The van der Waals surface area contributed by atoms with Gasteiger partial charge in [0.1, 0.15) is 5.82 Å². The fourth-order valence-electron chi connectivity index (χ4n) is 3.21. The van der Waals surface area contributed by atoms with Gasteiger partial charge in [-0.1, -0.05) is 6.07 Å². The van der Waals surface area contributed by atoms with Crippen molar-refractivity contribution < 1.29 is 17.9 Å². The van der Waals surface area contributed by atoms with Crippen LogP contribution in [0.5, 0.6) is 0 Å². The molecule has 110 valence electrons. The van der Waals surface area contributed by atoms with Crippen molar-refractivity contribution in [3.05, 3.63) is 30.1 Å². The van der Waals surface area contributed by atoms with Crippen LogP contribution >= 0.6 is 0 Å². The van der Waals surface area contributed by atoms with Crippen LogP contribution in [0.2, 0.25) is 0 Å². The van der Waals surface area contributed by atoms with Crippen molar-refractivity contribution in [2.75, 3.05) is 13.1 Å². The van der Waals surface area contributed by atoms with Gasteiger partial charge in [-0.2, -0.15) is 4.31 Å². The number of piperidine rings is 1. The number of rotatable bonds is 2. The Morgan fingerprint density at radius 1 is 1.25 bits per heavy atom. The molecule has 0 bridgehead atoms. The van der Waals surface area contributed by atoms with Crippen LogP contribution in [0.15, 0.2) is 29.2 Å². The Balaban J connectivity index is 1.77. The Hall–Kier alpha value is -0.980. The van der Waals surface area contributed by atoms with E-state index < -0.39 is 15.8 Å². The van der Waals surface area contributed by atoms with Crippen LogP contribution < -0.4 is 0 Å². The first-order valence-electron chi connectivity index (χ1n) is 6.88. The molecular formula is C14H18FNO3S. The van der Waals surface area contributed by atoms with E-state index in [1.165, 1.54) is 22.5 Å². The molecule has 2 fully saturated rings. The molecular weight excluding hydrogens is 281 g/mol. The quantitative estimate of drug-likeness (QED) is 0.905. The van der Waals surface area contributed by atoms with E-state index in [0.717, 1.165) is 18.9 Å². The zero-order valence-corrected chi connectivity index (χ0v) is 11.9. The number of aliphatic hydroxyl groups excluding tert-OH is 1. The summed E-state index contributed by atoms with van der Waals surface area (Å²) in [6, 6.07) is 5.11. The van der Waals surface area contributed by atoms with Crippen LogP contribution in [0.3, 0.4) is 0 Å². The molecule has 0 aromatic heterocycles. The highest BCUT2D eigenvalue weighted by Gasteiger charge is 2.48. The summed E-state index contributed by atoms with van der Waals surface area (Å²) in [6.45, 7) is 0.797. The third-order valence-electron chi connectivity index (χ3n) is 4.77. The predicted octanol–water partition coefficient (Wildman–Crippen LogP) is 1.75. The van der Waals surface area contributed by atoms with E-state index in [1.807, 2.05) is 0 Å². The molecule has 6 heteroatoms. The van der Waals surface area contributed by atoms with Crippen molar-refractivity contribution in [3.8, 4) is 0 Å². The van der Waals surface area contributed by atoms with E-state index in [0.29, 0.717) is 25.9 Å². The van der Waals surface area contributed by atoms with Gasteiger partial charge in [0.25, 0.3) is 0 Å². The number of hydrogen-bond donors (Lipinski definition) is 1. The van der Waals surface area contributed by atoms with Gasteiger partial charge >= 0.3 is 0 Å². The highest BCUT2D eigenvalue weighted by atomic mass is 32.2. The van der Waals surface area contributed by atoms with Crippen LogP contribution in [0.25, 0.3) is 0 Å². The molecule has 1 aliphatic heterocycles. The molecule has 1 aromatic carbocycles. The van der Waals surface area contributed by atoms with Crippen LogP contribution in [-0.4, -0.2) is 37.0 Å². The van der Waals surface area contributed by atoms with E-state index >= 15 is 0 Å². The van der Waals surface area contributed by atoms with Crippen molar-refractivity contribution in [2.24, 2.45) is 5.41 Å². The average Bonchev–Trinajstić information content (AvgIpc) is 2.46. The zero-order chi connectivity index (χ0) is 14.4. The van der Waals surface area contributed by atoms with E-state index in [1.54, 1.807) is 0 Å². The molecule has 1 N–H and O–H groups in total. The molecule has 1 aliphatic carbocycles. The standard InChI is InChI=1S/C14H18FNO3S/c15-11-2-1-3-12(10-11)20(18,19)16-8-6-14(7-9-16)5-4-13(14)17/h1-3,10,13,17H,4-9H2. The first kappa shape index (κ1) is 14.0. The molecule has 1 atom stereocenters. The second-order valence-corrected chi connectivity index (χ2v) is 7.72. The lowest BCUT2D eigenvalue weighted by atomic mass is 9.61. The van der Waals surface area contributed by atoms with Crippen molar-refractivity contribution in [1.82, 2.24) is 4.31 Å². The number of aliphatic hydroxyl groups is 1. The van der Waals surface area contributed by atoms with Crippen molar-refractivity contribution in [3.63, 3.8) is 0 Å². The second kappa shape index (κ2) is 4.79. The minimum absolute atomic E-state index is 0.00241. The molecule has 1 saturated heterocycles.